The van der Waals surface area contributed by atoms with E-state index in [4.69, 9.17) is 5.11 Å². The zero-order valence-corrected chi connectivity index (χ0v) is 9.65. The summed E-state index contributed by atoms with van der Waals surface area (Å²) in [7, 11) is 0. The van der Waals surface area contributed by atoms with Gasteiger partial charge in [-0.2, -0.15) is 0 Å². The highest BCUT2D eigenvalue weighted by Gasteiger charge is 2.07. The van der Waals surface area contributed by atoms with Crippen LogP contribution in [0.15, 0.2) is 30.3 Å². The molecule has 0 spiro atoms. The first-order valence-electron chi connectivity index (χ1n) is 5.66. The predicted octanol–water partition coefficient (Wildman–Crippen LogP) is 1.68. The van der Waals surface area contributed by atoms with Gasteiger partial charge >= 0.3 is 0 Å². The zero-order valence-electron chi connectivity index (χ0n) is 9.65. The highest BCUT2D eigenvalue weighted by molar-refractivity contribution is 5.75. The number of hydrogen-bond acceptors (Lipinski definition) is 2. The molecule has 0 aromatic heterocycles. The topological polar surface area (TPSA) is 49.3 Å². The number of aliphatic hydroxyl groups is 1. The Balaban J connectivity index is 2.30. The van der Waals surface area contributed by atoms with Crippen LogP contribution in [0, 0.1) is 0 Å². The van der Waals surface area contributed by atoms with Crippen LogP contribution in [0.1, 0.15) is 31.2 Å². The standard InChI is InChI=1S/C13H19NO2/c1-11(12-5-3-2-4-6-12)7-8-13(16)14-9-10-15/h2-6,11,15H,7-10H2,1H3,(H,14,16). The van der Waals surface area contributed by atoms with Crippen molar-refractivity contribution in [2.45, 2.75) is 25.7 Å². The van der Waals surface area contributed by atoms with Crippen molar-refractivity contribution < 1.29 is 9.90 Å². The number of nitrogens with one attached hydrogen (secondary N) is 1. The minimum atomic E-state index is -0.0000210. The summed E-state index contributed by atoms with van der Waals surface area (Å²) in [6, 6.07) is 10.2. The van der Waals surface area contributed by atoms with E-state index in [9.17, 15) is 4.79 Å². The van der Waals surface area contributed by atoms with Crippen LogP contribution in [0.2, 0.25) is 0 Å². The van der Waals surface area contributed by atoms with Gasteiger partial charge in [0.25, 0.3) is 0 Å². The second kappa shape index (κ2) is 7.01. The molecule has 1 aromatic rings. The minimum absolute atomic E-state index is 0.0000210. The van der Waals surface area contributed by atoms with Gasteiger partial charge in [-0.3, -0.25) is 4.79 Å². The minimum Gasteiger partial charge on any atom is -0.395 e. The van der Waals surface area contributed by atoms with Crippen LogP contribution in [0.3, 0.4) is 0 Å². The van der Waals surface area contributed by atoms with Gasteiger partial charge in [-0.05, 0) is 17.9 Å². The second-order valence-corrected chi connectivity index (χ2v) is 3.92. The Morgan fingerprint density at radius 1 is 1.38 bits per heavy atom. The molecule has 0 saturated heterocycles. The van der Waals surface area contributed by atoms with Gasteiger partial charge in [-0.1, -0.05) is 37.3 Å². The molecule has 0 aliphatic heterocycles. The molecule has 1 amide bonds. The molecule has 16 heavy (non-hydrogen) atoms. The van der Waals surface area contributed by atoms with Crippen LogP contribution in [0.4, 0.5) is 0 Å². The lowest BCUT2D eigenvalue weighted by atomic mass is 9.96. The molecule has 88 valence electrons. The highest BCUT2D eigenvalue weighted by atomic mass is 16.3. The van der Waals surface area contributed by atoms with Gasteiger partial charge in [-0.15, -0.1) is 0 Å². The molecule has 0 fully saturated rings. The molecule has 1 rings (SSSR count). The van der Waals surface area contributed by atoms with E-state index in [1.165, 1.54) is 5.56 Å². The predicted molar refractivity (Wildman–Crippen MR) is 64.2 cm³/mol. The number of carbonyl (C=O) groups excluding carboxylic acids is 1. The maximum Gasteiger partial charge on any atom is 0.220 e. The Morgan fingerprint density at radius 2 is 2.06 bits per heavy atom. The van der Waals surface area contributed by atoms with E-state index in [0.717, 1.165) is 6.42 Å². The molecule has 0 radical (unpaired) electrons. The number of benzene rings is 1. The van der Waals surface area contributed by atoms with Gasteiger partial charge in [0.15, 0.2) is 0 Å². The smallest absolute Gasteiger partial charge is 0.220 e. The summed E-state index contributed by atoms with van der Waals surface area (Å²) in [6.45, 7) is 2.47. The van der Waals surface area contributed by atoms with E-state index in [0.29, 0.717) is 18.9 Å². The first kappa shape index (κ1) is 12.7. The van der Waals surface area contributed by atoms with Crippen molar-refractivity contribution in [1.82, 2.24) is 5.32 Å². The first-order chi connectivity index (χ1) is 7.74. The van der Waals surface area contributed by atoms with Gasteiger partial charge in [-0.25, -0.2) is 0 Å². The van der Waals surface area contributed by atoms with Gasteiger partial charge in [0.1, 0.15) is 0 Å². The van der Waals surface area contributed by atoms with Crippen molar-refractivity contribution in [1.29, 1.82) is 0 Å². The summed E-state index contributed by atoms with van der Waals surface area (Å²) in [5, 5.41) is 11.2. The molecular weight excluding hydrogens is 202 g/mol. The van der Waals surface area contributed by atoms with Crippen molar-refractivity contribution in [2.24, 2.45) is 0 Å². The summed E-state index contributed by atoms with van der Waals surface area (Å²) >= 11 is 0. The third-order valence-electron chi connectivity index (χ3n) is 2.61. The summed E-state index contributed by atoms with van der Waals surface area (Å²) in [4.78, 5) is 11.3. The summed E-state index contributed by atoms with van der Waals surface area (Å²) < 4.78 is 0. The number of carbonyl (C=O) groups is 1. The van der Waals surface area contributed by atoms with Crippen LogP contribution in [0.25, 0.3) is 0 Å². The van der Waals surface area contributed by atoms with Crippen LogP contribution < -0.4 is 5.32 Å². The average molecular weight is 221 g/mol. The van der Waals surface area contributed by atoms with Gasteiger partial charge in [0.2, 0.25) is 5.91 Å². The molecule has 1 aromatic carbocycles. The molecule has 0 aliphatic carbocycles. The molecule has 0 bridgehead atoms. The van der Waals surface area contributed by atoms with E-state index in [1.807, 2.05) is 18.2 Å². The molecule has 3 nitrogen and oxygen atoms in total. The highest BCUT2D eigenvalue weighted by Crippen LogP contribution is 2.19. The lowest BCUT2D eigenvalue weighted by Gasteiger charge is -2.11. The van der Waals surface area contributed by atoms with Crippen molar-refractivity contribution in [3.8, 4) is 0 Å². The van der Waals surface area contributed by atoms with Gasteiger partial charge < -0.3 is 10.4 Å². The van der Waals surface area contributed by atoms with Gasteiger partial charge in [0.05, 0.1) is 6.61 Å². The van der Waals surface area contributed by atoms with E-state index in [1.54, 1.807) is 0 Å². The fourth-order valence-electron chi connectivity index (χ4n) is 1.58. The quantitative estimate of drug-likeness (QED) is 0.768. The lowest BCUT2D eigenvalue weighted by Crippen LogP contribution is -2.26. The molecular formula is C13H19NO2. The Kier molecular flexibility index (Phi) is 5.57. The van der Waals surface area contributed by atoms with Crippen molar-refractivity contribution in [2.75, 3.05) is 13.2 Å². The normalized spacial score (nSPS) is 12.1. The monoisotopic (exact) mass is 221 g/mol. The zero-order chi connectivity index (χ0) is 11.8. The molecule has 3 heteroatoms. The SMILES string of the molecule is CC(CCC(=O)NCCO)c1ccccc1. The second-order valence-electron chi connectivity index (χ2n) is 3.92. The first-order valence-corrected chi connectivity index (χ1v) is 5.66. The Bertz CT molecular complexity index is 311. The van der Waals surface area contributed by atoms with Crippen LogP contribution in [-0.4, -0.2) is 24.2 Å². The van der Waals surface area contributed by atoms with E-state index >= 15 is 0 Å². The van der Waals surface area contributed by atoms with Crippen molar-refractivity contribution in [3.05, 3.63) is 35.9 Å². The van der Waals surface area contributed by atoms with Crippen molar-refractivity contribution >= 4 is 5.91 Å². The van der Waals surface area contributed by atoms with E-state index < -0.39 is 0 Å². The Morgan fingerprint density at radius 3 is 2.69 bits per heavy atom. The third kappa shape index (κ3) is 4.45. The van der Waals surface area contributed by atoms with Gasteiger partial charge in [0, 0.05) is 13.0 Å². The summed E-state index contributed by atoms with van der Waals surface area (Å²) in [6.07, 6.45) is 1.34. The molecule has 0 saturated carbocycles. The fraction of sp³-hybridized carbons (Fsp3) is 0.462. The number of aliphatic hydroxyl groups excluding tert-OH is 1. The molecule has 0 heterocycles. The molecule has 0 aliphatic rings. The van der Waals surface area contributed by atoms with Crippen LogP contribution in [-0.2, 0) is 4.79 Å². The maximum atomic E-state index is 11.3. The summed E-state index contributed by atoms with van der Waals surface area (Å²) in [5.41, 5.74) is 1.26. The molecule has 1 unspecified atom stereocenters. The number of amides is 1. The number of hydrogen-bond donors (Lipinski definition) is 2. The lowest BCUT2D eigenvalue weighted by molar-refractivity contribution is -0.121. The van der Waals surface area contributed by atoms with Crippen LogP contribution >= 0.6 is 0 Å². The number of rotatable bonds is 6. The average Bonchev–Trinajstić information content (AvgIpc) is 2.34. The van der Waals surface area contributed by atoms with E-state index in [2.05, 4.69) is 24.4 Å². The van der Waals surface area contributed by atoms with Crippen molar-refractivity contribution in [3.63, 3.8) is 0 Å². The Labute approximate surface area is 96.5 Å². The van der Waals surface area contributed by atoms with Crippen LogP contribution in [0.5, 0.6) is 0 Å². The Hall–Kier alpha value is -1.35. The fourth-order valence-corrected chi connectivity index (χ4v) is 1.58. The maximum absolute atomic E-state index is 11.3. The third-order valence-corrected chi connectivity index (χ3v) is 2.61. The molecule has 2 N–H and O–H groups in total. The largest absolute Gasteiger partial charge is 0.395 e. The van der Waals surface area contributed by atoms with E-state index in [-0.39, 0.29) is 12.5 Å². The molecule has 1 atom stereocenters. The summed E-state index contributed by atoms with van der Waals surface area (Å²) in [5.74, 6) is 0.401.